The highest BCUT2D eigenvalue weighted by atomic mass is 32.2. The van der Waals surface area contributed by atoms with E-state index in [0.717, 1.165) is 26.4 Å². The number of thiophene rings is 1. The fraction of sp³-hybridized carbons (Fsp3) is 0.240. The molecule has 0 radical (unpaired) electrons. The molecule has 2 N–H and O–H groups in total. The average Bonchev–Trinajstić information content (AvgIpc) is 3.38. The number of thioether (sulfide) groups is 1. The van der Waals surface area contributed by atoms with Crippen molar-refractivity contribution in [3.05, 3.63) is 86.1 Å². The Labute approximate surface area is 220 Å². The number of hydrogen-bond donors (Lipinski definition) is 2. The number of nitrogens with one attached hydrogen (secondary N) is 2. The van der Waals surface area contributed by atoms with Crippen LogP contribution in [0.25, 0.3) is 10.2 Å². The van der Waals surface area contributed by atoms with Gasteiger partial charge in [-0.15, -0.1) is 23.1 Å². The maximum Gasteiger partial charge on any atom is 0.331 e. The van der Waals surface area contributed by atoms with Crippen molar-refractivity contribution >= 4 is 45.1 Å². The van der Waals surface area contributed by atoms with Crippen LogP contribution in [0.1, 0.15) is 15.2 Å². The fourth-order valence-corrected chi connectivity index (χ4v) is 5.32. The maximum absolute atomic E-state index is 13.1. The van der Waals surface area contributed by atoms with Crippen LogP contribution in [0.5, 0.6) is 5.75 Å². The first-order valence-electron chi connectivity index (χ1n) is 11.3. The van der Waals surface area contributed by atoms with Gasteiger partial charge in [0.2, 0.25) is 5.91 Å². The summed E-state index contributed by atoms with van der Waals surface area (Å²) in [5, 5.41) is 5.84. The van der Waals surface area contributed by atoms with Crippen LogP contribution in [-0.2, 0) is 24.9 Å². The van der Waals surface area contributed by atoms with Gasteiger partial charge in [0.1, 0.15) is 10.6 Å². The molecule has 4 aromatic rings. The van der Waals surface area contributed by atoms with Crippen LogP contribution in [-0.4, -0.2) is 45.3 Å². The van der Waals surface area contributed by atoms with Crippen molar-refractivity contribution < 1.29 is 14.3 Å². The molecule has 0 aliphatic heterocycles. The molecule has 0 atom stereocenters. The van der Waals surface area contributed by atoms with E-state index in [2.05, 4.69) is 15.6 Å². The van der Waals surface area contributed by atoms with Crippen molar-refractivity contribution in [2.75, 3.05) is 19.4 Å². The van der Waals surface area contributed by atoms with E-state index in [-0.39, 0.29) is 42.6 Å². The summed E-state index contributed by atoms with van der Waals surface area (Å²) in [4.78, 5) is 56.4. The molecule has 0 aliphatic carbocycles. The van der Waals surface area contributed by atoms with Gasteiger partial charge in [0.15, 0.2) is 0 Å². The first-order valence-corrected chi connectivity index (χ1v) is 13.1. The number of aromatic nitrogens is 3. The minimum absolute atomic E-state index is 0.0142. The summed E-state index contributed by atoms with van der Waals surface area (Å²) in [7, 11) is 3.13. The summed E-state index contributed by atoms with van der Waals surface area (Å²) in [6.07, 6.45) is 3.30. The Morgan fingerprint density at radius 3 is 2.65 bits per heavy atom. The Bertz CT molecular complexity index is 1540. The molecule has 0 aliphatic rings. The molecule has 192 valence electrons. The van der Waals surface area contributed by atoms with Gasteiger partial charge >= 0.3 is 5.69 Å². The number of carbonyl (C=O) groups excluding carboxylic acids is 2. The average molecular weight is 540 g/mol. The van der Waals surface area contributed by atoms with Crippen molar-refractivity contribution in [2.45, 2.75) is 18.0 Å². The van der Waals surface area contributed by atoms with E-state index in [1.165, 1.54) is 22.4 Å². The monoisotopic (exact) mass is 539 g/mol. The number of ether oxygens (including phenoxy) is 1. The number of hydrogen-bond acceptors (Lipinski definition) is 8. The molecule has 0 fully saturated rings. The minimum Gasteiger partial charge on any atom is -0.497 e. The third-order valence-corrected chi connectivity index (χ3v) is 7.72. The van der Waals surface area contributed by atoms with E-state index in [0.29, 0.717) is 15.5 Å². The van der Waals surface area contributed by atoms with Crippen LogP contribution in [0, 0.1) is 0 Å². The fourth-order valence-electron chi connectivity index (χ4n) is 3.59. The number of aryl methyl sites for hydroxylation is 1. The van der Waals surface area contributed by atoms with E-state index >= 15 is 0 Å². The lowest BCUT2D eigenvalue weighted by Crippen LogP contribution is -2.41. The molecule has 10 nitrogen and oxygen atoms in total. The van der Waals surface area contributed by atoms with Gasteiger partial charge in [-0.05, 0) is 35.9 Å². The van der Waals surface area contributed by atoms with E-state index in [4.69, 9.17) is 4.74 Å². The number of methoxy groups -OCH3 is 1. The molecule has 4 rings (SSSR count). The smallest absolute Gasteiger partial charge is 0.331 e. The molecule has 12 heteroatoms. The third kappa shape index (κ3) is 6.27. The number of pyridine rings is 1. The van der Waals surface area contributed by atoms with Crippen molar-refractivity contribution in [3.63, 3.8) is 0 Å². The summed E-state index contributed by atoms with van der Waals surface area (Å²) in [5.74, 6) is 0.335. The summed E-state index contributed by atoms with van der Waals surface area (Å²) in [5.41, 5.74) is -0.144. The van der Waals surface area contributed by atoms with E-state index < -0.39 is 11.2 Å². The Morgan fingerprint density at radius 1 is 1.11 bits per heavy atom. The summed E-state index contributed by atoms with van der Waals surface area (Å²) >= 11 is 2.45. The molecule has 1 aromatic carbocycles. The lowest BCUT2D eigenvalue weighted by atomic mass is 10.2. The maximum atomic E-state index is 13.1. The van der Waals surface area contributed by atoms with Gasteiger partial charge in [-0.3, -0.25) is 28.5 Å². The second kappa shape index (κ2) is 11.9. The number of rotatable bonds is 10. The molecule has 0 unspecified atom stereocenters. The highest BCUT2D eigenvalue weighted by molar-refractivity contribution is 8.00. The number of benzene rings is 1. The second-order valence-electron chi connectivity index (χ2n) is 7.98. The van der Waals surface area contributed by atoms with Gasteiger partial charge in [-0.1, -0.05) is 12.1 Å². The zero-order valence-electron chi connectivity index (χ0n) is 20.2. The zero-order chi connectivity index (χ0) is 26.4. The Balaban J connectivity index is 1.42. The standard InChI is InChI=1S/C25H25N5O5S2/c1-29-24-19(13-20(37-24)22(32)28-14-16-4-3-5-17(12-16)35-2)23(33)30(25(29)34)11-10-27-21(31)15-36-18-6-8-26-9-7-18/h3-9,12-13H,10-11,14-15H2,1-2H3,(H,27,31)(H,28,32). The Kier molecular flexibility index (Phi) is 8.41. The van der Waals surface area contributed by atoms with Crippen molar-refractivity contribution in [3.8, 4) is 5.75 Å². The topological polar surface area (TPSA) is 124 Å². The zero-order valence-corrected chi connectivity index (χ0v) is 21.9. The lowest BCUT2D eigenvalue weighted by Gasteiger charge is -2.09. The molecular weight excluding hydrogens is 514 g/mol. The normalized spacial score (nSPS) is 10.9. The van der Waals surface area contributed by atoms with E-state index in [9.17, 15) is 19.2 Å². The number of nitrogens with zero attached hydrogens (tertiary/aromatic N) is 3. The summed E-state index contributed by atoms with van der Waals surface area (Å²) in [6, 6.07) is 12.5. The third-order valence-electron chi connectivity index (χ3n) is 5.50. The van der Waals surface area contributed by atoms with Gasteiger partial charge in [0.25, 0.3) is 11.5 Å². The van der Waals surface area contributed by atoms with Gasteiger partial charge in [-0.25, -0.2) is 4.79 Å². The minimum atomic E-state index is -0.511. The molecule has 37 heavy (non-hydrogen) atoms. The van der Waals surface area contributed by atoms with Gasteiger partial charge in [-0.2, -0.15) is 0 Å². The molecule has 0 saturated heterocycles. The van der Waals surface area contributed by atoms with Crippen molar-refractivity contribution in [1.29, 1.82) is 0 Å². The first-order chi connectivity index (χ1) is 17.9. The lowest BCUT2D eigenvalue weighted by molar-refractivity contribution is -0.118. The molecule has 3 heterocycles. The molecule has 0 spiro atoms. The van der Waals surface area contributed by atoms with Crippen LogP contribution in [0.15, 0.2) is 69.3 Å². The van der Waals surface area contributed by atoms with Crippen LogP contribution in [0.3, 0.4) is 0 Å². The molecule has 0 bridgehead atoms. The SMILES string of the molecule is COc1cccc(CNC(=O)c2cc3c(=O)n(CCNC(=O)CSc4ccncc4)c(=O)n(C)c3s2)c1. The predicted molar refractivity (Wildman–Crippen MR) is 143 cm³/mol. The highest BCUT2D eigenvalue weighted by Crippen LogP contribution is 2.22. The van der Waals surface area contributed by atoms with Crippen molar-refractivity contribution in [1.82, 2.24) is 24.8 Å². The summed E-state index contributed by atoms with van der Waals surface area (Å²) in [6.45, 7) is 0.418. The van der Waals surface area contributed by atoms with E-state index in [1.54, 1.807) is 26.6 Å². The van der Waals surface area contributed by atoms with Gasteiger partial charge in [0.05, 0.1) is 23.1 Å². The van der Waals surface area contributed by atoms with Gasteiger partial charge < -0.3 is 15.4 Å². The van der Waals surface area contributed by atoms with E-state index in [1.807, 2.05) is 36.4 Å². The summed E-state index contributed by atoms with van der Waals surface area (Å²) < 4.78 is 7.62. The van der Waals surface area contributed by atoms with Crippen LogP contribution < -0.4 is 26.6 Å². The quantitative estimate of drug-likeness (QED) is 0.296. The second-order valence-corrected chi connectivity index (χ2v) is 10.1. The molecule has 3 aromatic heterocycles. The Hall–Kier alpha value is -3.90. The molecular formula is C25H25N5O5S2. The number of carbonyl (C=O) groups is 2. The number of fused-ring (bicyclic) bond motifs is 1. The molecule has 0 saturated carbocycles. The highest BCUT2D eigenvalue weighted by Gasteiger charge is 2.18. The van der Waals surface area contributed by atoms with Crippen LogP contribution in [0.2, 0.25) is 0 Å². The van der Waals surface area contributed by atoms with Crippen LogP contribution >= 0.6 is 23.1 Å². The predicted octanol–water partition coefficient (Wildman–Crippen LogP) is 2.00. The Morgan fingerprint density at radius 2 is 1.89 bits per heavy atom. The molecule has 2 amide bonds. The first kappa shape index (κ1) is 26.2. The van der Waals surface area contributed by atoms with Gasteiger partial charge in [0, 0.05) is 44.0 Å². The number of amides is 2. The largest absolute Gasteiger partial charge is 0.497 e. The van der Waals surface area contributed by atoms with Crippen LogP contribution in [0.4, 0.5) is 0 Å². The van der Waals surface area contributed by atoms with Crippen molar-refractivity contribution in [2.24, 2.45) is 7.05 Å².